The Kier molecular flexibility index (Phi) is 4.09. The number of sulfone groups is 1. The molecule has 1 heterocycles. The maximum atomic E-state index is 13.3. The number of hydrogen-bond acceptors (Lipinski definition) is 4. The number of hydrogen-bond donors (Lipinski definition) is 0. The molecule has 132 valence electrons. The van der Waals surface area contributed by atoms with Crippen molar-refractivity contribution in [2.45, 2.75) is 0 Å². The van der Waals surface area contributed by atoms with Crippen LogP contribution in [0.4, 0.5) is 0 Å². The third-order valence-corrected chi connectivity index (χ3v) is 6.30. The summed E-state index contributed by atoms with van der Waals surface area (Å²) in [5, 5.41) is 0. The molecule has 0 amide bonds. The molecule has 1 aliphatic heterocycles. The fourth-order valence-corrected chi connectivity index (χ4v) is 4.84. The summed E-state index contributed by atoms with van der Waals surface area (Å²) in [4.78, 5) is 24.5. The third kappa shape index (κ3) is 2.92. The Morgan fingerprint density at radius 3 is 1.41 bits per heavy atom. The lowest BCUT2D eigenvalue weighted by Crippen LogP contribution is -2.13. The average Bonchev–Trinajstić information content (AvgIpc) is 3.01. The van der Waals surface area contributed by atoms with Crippen molar-refractivity contribution in [1.82, 2.24) is 0 Å². The lowest BCUT2D eigenvalue weighted by atomic mass is 10.0. The van der Waals surface area contributed by atoms with E-state index in [0.29, 0.717) is 16.7 Å². The third-order valence-electron chi connectivity index (χ3n) is 4.44. The van der Waals surface area contributed by atoms with Crippen molar-refractivity contribution in [2.24, 2.45) is 0 Å². The van der Waals surface area contributed by atoms with Gasteiger partial charge in [0.15, 0.2) is 11.6 Å². The molecule has 0 aromatic heterocycles. The van der Waals surface area contributed by atoms with Gasteiger partial charge in [-0.05, 0) is 41.0 Å². The van der Waals surface area contributed by atoms with Crippen molar-refractivity contribution >= 4 is 31.2 Å². The number of carbonyl (C=O) groups is 2. The molecule has 0 saturated carbocycles. The zero-order chi connectivity index (χ0) is 19.0. The Labute approximate surface area is 156 Å². The molecule has 0 unspecified atom stereocenters. The second-order valence-electron chi connectivity index (χ2n) is 6.14. The summed E-state index contributed by atoms with van der Waals surface area (Å²) < 4.78 is 26.6. The van der Waals surface area contributed by atoms with Gasteiger partial charge in [-0.15, -0.1) is 0 Å². The van der Waals surface area contributed by atoms with E-state index in [-0.39, 0.29) is 15.4 Å². The van der Waals surface area contributed by atoms with Gasteiger partial charge in [0.05, 0.1) is 15.4 Å². The first-order chi connectivity index (χ1) is 13.0. The summed E-state index contributed by atoms with van der Waals surface area (Å²) in [6.45, 7) is 0. The zero-order valence-corrected chi connectivity index (χ0v) is 14.9. The Balaban J connectivity index is 2.02. The molecule has 0 saturated heterocycles. The van der Waals surface area contributed by atoms with Crippen molar-refractivity contribution in [2.75, 3.05) is 0 Å². The van der Waals surface area contributed by atoms with Crippen LogP contribution in [0, 0.1) is 0 Å². The average molecular weight is 374 g/mol. The maximum Gasteiger partial charge on any atom is 0.207 e. The van der Waals surface area contributed by atoms with Crippen LogP contribution in [0.15, 0.2) is 96.1 Å². The van der Waals surface area contributed by atoms with Gasteiger partial charge in [0.1, 0.15) is 0 Å². The van der Waals surface area contributed by atoms with Gasteiger partial charge in [0, 0.05) is 0 Å². The normalized spacial score (nSPS) is 18.5. The van der Waals surface area contributed by atoms with Crippen LogP contribution in [-0.2, 0) is 19.4 Å². The fraction of sp³-hybridized carbons (Fsp3) is 0. The summed E-state index contributed by atoms with van der Waals surface area (Å²) in [7, 11) is -3.82. The molecule has 0 bridgehead atoms. The molecule has 0 spiro atoms. The van der Waals surface area contributed by atoms with Crippen molar-refractivity contribution in [3.05, 3.63) is 107 Å². The first kappa shape index (κ1) is 17.1. The van der Waals surface area contributed by atoms with Gasteiger partial charge >= 0.3 is 0 Å². The zero-order valence-electron chi connectivity index (χ0n) is 14.1. The highest BCUT2D eigenvalue weighted by Crippen LogP contribution is 2.39. The lowest BCUT2D eigenvalue weighted by molar-refractivity contribution is -0.115. The number of ketones is 2. The van der Waals surface area contributed by atoms with Crippen LogP contribution in [0.1, 0.15) is 11.1 Å². The first-order valence-corrected chi connectivity index (χ1v) is 9.77. The van der Waals surface area contributed by atoms with Crippen LogP contribution in [-0.4, -0.2) is 20.0 Å². The number of rotatable bonds is 2. The molecule has 0 fully saturated rings. The molecule has 2 aromatic rings. The van der Waals surface area contributed by atoms with Crippen molar-refractivity contribution in [1.29, 1.82) is 0 Å². The van der Waals surface area contributed by atoms with Crippen LogP contribution in [0.5, 0.6) is 0 Å². The van der Waals surface area contributed by atoms with Gasteiger partial charge in [-0.1, -0.05) is 60.7 Å². The van der Waals surface area contributed by atoms with Crippen LogP contribution in [0.25, 0.3) is 9.81 Å². The van der Waals surface area contributed by atoms with Gasteiger partial charge in [0.25, 0.3) is 0 Å². The summed E-state index contributed by atoms with van der Waals surface area (Å²) in [5.41, 5.74) is 1.31. The number of carbonyl (C=O) groups excluding carboxylic acids is 2. The molecule has 0 atom stereocenters. The minimum absolute atomic E-state index is 0.00763. The second-order valence-corrected chi connectivity index (χ2v) is 8.03. The summed E-state index contributed by atoms with van der Waals surface area (Å²) in [5.74, 6) is -0.830. The van der Waals surface area contributed by atoms with E-state index in [2.05, 4.69) is 0 Å². The number of benzene rings is 2. The van der Waals surface area contributed by atoms with Crippen molar-refractivity contribution in [3.8, 4) is 0 Å². The molecule has 2 aliphatic rings. The van der Waals surface area contributed by atoms with E-state index in [4.69, 9.17) is 0 Å². The van der Waals surface area contributed by atoms with Gasteiger partial charge in [-0.2, -0.15) is 0 Å². The fourth-order valence-electron chi connectivity index (χ4n) is 3.15. The molecule has 0 radical (unpaired) electrons. The highest BCUT2D eigenvalue weighted by Gasteiger charge is 2.33. The Morgan fingerprint density at radius 2 is 1.00 bits per heavy atom. The Morgan fingerprint density at radius 1 is 0.593 bits per heavy atom. The van der Waals surface area contributed by atoms with E-state index in [1.165, 1.54) is 24.3 Å². The second kappa shape index (κ2) is 6.45. The highest BCUT2D eigenvalue weighted by molar-refractivity contribution is 8.09. The molecule has 5 heteroatoms. The molecule has 4 rings (SSSR count). The maximum absolute atomic E-state index is 13.3. The van der Waals surface area contributed by atoms with Crippen LogP contribution >= 0.6 is 0 Å². The van der Waals surface area contributed by atoms with Gasteiger partial charge in [0.2, 0.25) is 9.84 Å². The monoisotopic (exact) mass is 374 g/mol. The minimum atomic E-state index is -3.82. The molecule has 27 heavy (non-hydrogen) atoms. The molecular weight excluding hydrogens is 360 g/mol. The van der Waals surface area contributed by atoms with Gasteiger partial charge < -0.3 is 0 Å². The SMILES string of the molecule is O=C1C=CC(=O)C1=C1C=C(c2ccccc2)S(=O)(=O)C(c2ccccc2)=C1. The van der Waals surface area contributed by atoms with E-state index < -0.39 is 21.4 Å². The van der Waals surface area contributed by atoms with E-state index in [9.17, 15) is 18.0 Å². The summed E-state index contributed by atoms with van der Waals surface area (Å²) in [6.07, 6.45) is 5.24. The van der Waals surface area contributed by atoms with Crippen LogP contribution in [0.2, 0.25) is 0 Å². The predicted molar refractivity (Wildman–Crippen MR) is 104 cm³/mol. The quantitative estimate of drug-likeness (QED) is 0.596. The Hall–Kier alpha value is -3.31. The lowest BCUT2D eigenvalue weighted by Gasteiger charge is -2.19. The minimum Gasteiger partial charge on any atom is -0.289 e. The molecule has 2 aromatic carbocycles. The van der Waals surface area contributed by atoms with Crippen LogP contribution in [0.3, 0.4) is 0 Å². The van der Waals surface area contributed by atoms with E-state index in [0.717, 1.165) is 0 Å². The molecule has 4 nitrogen and oxygen atoms in total. The van der Waals surface area contributed by atoms with Crippen molar-refractivity contribution < 1.29 is 18.0 Å². The van der Waals surface area contributed by atoms with Crippen molar-refractivity contribution in [3.63, 3.8) is 0 Å². The standard InChI is InChI=1S/C22H14O4S/c23-18-11-12-19(24)22(18)17-13-20(15-7-3-1-4-8-15)27(25,26)21(14-17)16-9-5-2-6-10-16/h1-14H. The van der Waals surface area contributed by atoms with Crippen LogP contribution < -0.4 is 0 Å². The highest BCUT2D eigenvalue weighted by atomic mass is 32.2. The van der Waals surface area contributed by atoms with Gasteiger partial charge in [-0.25, -0.2) is 8.42 Å². The van der Waals surface area contributed by atoms with E-state index >= 15 is 0 Å². The van der Waals surface area contributed by atoms with Gasteiger partial charge in [-0.3, -0.25) is 9.59 Å². The summed E-state index contributed by atoms with van der Waals surface area (Å²) in [6, 6.07) is 17.3. The predicted octanol–water partition coefficient (Wildman–Crippen LogP) is 3.50. The summed E-state index contributed by atoms with van der Waals surface area (Å²) >= 11 is 0. The smallest absolute Gasteiger partial charge is 0.207 e. The first-order valence-electron chi connectivity index (χ1n) is 8.29. The molecule has 1 aliphatic carbocycles. The van der Waals surface area contributed by atoms with E-state index in [1.807, 2.05) is 0 Å². The molecule has 0 N–H and O–H groups in total. The molecular formula is C22H14O4S. The van der Waals surface area contributed by atoms with E-state index in [1.54, 1.807) is 60.7 Å². The topological polar surface area (TPSA) is 68.3 Å². The Bertz CT molecular complexity index is 1090. The largest absolute Gasteiger partial charge is 0.289 e. The number of allylic oxidation sites excluding steroid dienone is 6.